The standard InChI is InChI=1S/C10H11N5O3/c1-5-3-7(15(2)14-5)9(16)11-8-4-6(10(17)18)12-13-8/h3-4H,1-2H3,(H,17,18)(H2,11,12,13,16). The molecule has 0 saturated carbocycles. The number of amides is 1. The summed E-state index contributed by atoms with van der Waals surface area (Å²) in [4.78, 5) is 22.5. The topological polar surface area (TPSA) is 113 Å². The maximum atomic E-state index is 11.9. The minimum Gasteiger partial charge on any atom is -0.477 e. The Morgan fingerprint density at radius 2 is 2.17 bits per heavy atom. The van der Waals surface area contributed by atoms with Gasteiger partial charge >= 0.3 is 5.97 Å². The Morgan fingerprint density at radius 1 is 1.44 bits per heavy atom. The molecular formula is C10H11N5O3. The minimum absolute atomic E-state index is 0.0912. The Hall–Kier alpha value is -2.64. The zero-order chi connectivity index (χ0) is 13.3. The van der Waals surface area contributed by atoms with Gasteiger partial charge in [-0.1, -0.05) is 0 Å². The molecule has 0 aliphatic carbocycles. The molecule has 0 fully saturated rings. The van der Waals surface area contributed by atoms with Gasteiger partial charge in [-0.05, 0) is 13.0 Å². The zero-order valence-corrected chi connectivity index (χ0v) is 9.76. The number of carboxylic acids is 1. The second-order valence-electron chi connectivity index (χ2n) is 3.72. The number of anilines is 1. The number of rotatable bonds is 3. The van der Waals surface area contributed by atoms with Crippen LogP contribution in [-0.4, -0.2) is 37.0 Å². The van der Waals surface area contributed by atoms with Crippen LogP contribution in [-0.2, 0) is 7.05 Å². The summed E-state index contributed by atoms with van der Waals surface area (Å²) in [6.07, 6.45) is 0. The number of nitrogens with zero attached hydrogens (tertiary/aromatic N) is 3. The van der Waals surface area contributed by atoms with Gasteiger partial charge in [0.25, 0.3) is 5.91 Å². The predicted octanol–water partition coefficient (Wildman–Crippen LogP) is 0.402. The van der Waals surface area contributed by atoms with Gasteiger partial charge in [-0.3, -0.25) is 14.6 Å². The Kier molecular flexibility index (Phi) is 2.84. The lowest BCUT2D eigenvalue weighted by molar-refractivity contribution is 0.0690. The van der Waals surface area contributed by atoms with E-state index in [1.165, 1.54) is 10.7 Å². The summed E-state index contributed by atoms with van der Waals surface area (Å²) in [5.74, 6) is -1.39. The van der Waals surface area contributed by atoms with Crippen LogP contribution in [0.1, 0.15) is 26.7 Å². The predicted molar refractivity (Wildman–Crippen MR) is 61.4 cm³/mol. The summed E-state index contributed by atoms with van der Waals surface area (Å²) in [6.45, 7) is 1.77. The highest BCUT2D eigenvalue weighted by Crippen LogP contribution is 2.08. The van der Waals surface area contributed by atoms with Crippen LogP contribution in [0.3, 0.4) is 0 Å². The van der Waals surface area contributed by atoms with Crippen LogP contribution >= 0.6 is 0 Å². The van der Waals surface area contributed by atoms with Crippen LogP contribution < -0.4 is 5.32 Å². The fourth-order valence-electron chi connectivity index (χ4n) is 1.50. The molecule has 2 aromatic rings. The molecule has 0 aromatic carbocycles. The number of aromatic nitrogens is 4. The highest BCUT2D eigenvalue weighted by atomic mass is 16.4. The molecule has 0 saturated heterocycles. The van der Waals surface area contributed by atoms with E-state index < -0.39 is 11.9 Å². The first-order valence-electron chi connectivity index (χ1n) is 5.08. The molecule has 8 nitrogen and oxygen atoms in total. The molecule has 0 spiro atoms. The van der Waals surface area contributed by atoms with Crippen LogP contribution in [0.4, 0.5) is 5.82 Å². The van der Waals surface area contributed by atoms with Crippen molar-refractivity contribution in [2.45, 2.75) is 6.92 Å². The minimum atomic E-state index is -1.14. The Morgan fingerprint density at radius 3 is 2.67 bits per heavy atom. The number of carboxylic acid groups (broad SMARTS) is 1. The number of nitrogens with one attached hydrogen (secondary N) is 2. The number of H-pyrrole nitrogens is 1. The van der Waals surface area contributed by atoms with E-state index in [9.17, 15) is 9.59 Å². The first-order valence-corrected chi connectivity index (χ1v) is 5.08. The number of aromatic carboxylic acids is 1. The maximum Gasteiger partial charge on any atom is 0.353 e. The quantitative estimate of drug-likeness (QED) is 0.728. The average molecular weight is 249 g/mol. The van der Waals surface area contributed by atoms with Crippen molar-refractivity contribution in [3.63, 3.8) is 0 Å². The molecule has 0 unspecified atom stereocenters. The molecule has 0 atom stereocenters. The van der Waals surface area contributed by atoms with Crippen molar-refractivity contribution in [1.82, 2.24) is 20.0 Å². The van der Waals surface area contributed by atoms with Crippen molar-refractivity contribution >= 4 is 17.7 Å². The molecule has 8 heteroatoms. The second-order valence-corrected chi connectivity index (χ2v) is 3.72. The van der Waals surface area contributed by atoms with E-state index in [2.05, 4.69) is 20.6 Å². The molecule has 1 amide bonds. The van der Waals surface area contributed by atoms with Gasteiger partial charge < -0.3 is 10.4 Å². The van der Waals surface area contributed by atoms with Crippen LogP contribution in [0.2, 0.25) is 0 Å². The first kappa shape index (κ1) is 11.8. The third kappa shape index (κ3) is 2.21. The Labute approximate surface area is 102 Å². The largest absolute Gasteiger partial charge is 0.477 e. The summed E-state index contributed by atoms with van der Waals surface area (Å²) in [6, 6.07) is 2.86. The van der Waals surface area contributed by atoms with Crippen molar-refractivity contribution in [1.29, 1.82) is 0 Å². The summed E-state index contributed by atoms with van der Waals surface area (Å²) in [5, 5.41) is 21.2. The second kappa shape index (κ2) is 4.32. The molecule has 0 aliphatic heterocycles. The van der Waals surface area contributed by atoms with Crippen molar-refractivity contribution < 1.29 is 14.7 Å². The number of hydrogen-bond acceptors (Lipinski definition) is 4. The molecular weight excluding hydrogens is 238 g/mol. The van der Waals surface area contributed by atoms with E-state index >= 15 is 0 Å². The molecule has 18 heavy (non-hydrogen) atoms. The maximum absolute atomic E-state index is 11.9. The number of carbonyl (C=O) groups excluding carboxylic acids is 1. The van der Waals surface area contributed by atoms with Gasteiger partial charge in [-0.15, -0.1) is 0 Å². The van der Waals surface area contributed by atoms with Gasteiger partial charge in [-0.2, -0.15) is 10.2 Å². The fourth-order valence-corrected chi connectivity index (χ4v) is 1.50. The van der Waals surface area contributed by atoms with Gasteiger partial charge in [0.15, 0.2) is 5.82 Å². The van der Waals surface area contributed by atoms with Crippen LogP contribution in [0.25, 0.3) is 0 Å². The highest BCUT2D eigenvalue weighted by Gasteiger charge is 2.14. The van der Waals surface area contributed by atoms with E-state index in [0.717, 1.165) is 5.69 Å². The summed E-state index contributed by atoms with van der Waals surface area (Å²) in [7, 11) is 1.65. The van der Waals surface area contributed by atoms with E-state index in [1.807, 2.05) is 0 Å². The van der Waals surface area contributed by atoms with Gasteiger partial charge in [0, 0.05) is 13.1 Å². The lowest BCUT2D eigenvalue weighted by Gasteiger charge is -2.00. The van der Waals surface area contributed by atoms with E-state index in [0.29, 0.717) is 5.69 Å². The third-order valence-corrected chi connectivity index (χ3v) is 2.28. The highest BCUT2D eigenvalue weighted by molar-refractivity contribution is 6.03. The summed E-state index contributed by atoms with van der Waals surface area (Å²) < 4.78 is 1.44. The smallest absolute Gasteiger partial charge is 0.353 e. The van der Waals surface area contributed by atoms with Crippen LogP contribution in [0.15, 0.2) is 12.1 Å². The normalized spacial score (nSPS) is 10.3. The molecule has 0 radical (unpaired) electrons. The Balaban J connectivity index is 2.16. The lowest BCUT2D eigenvalue weighted by Crippen LogP contribution is -2.16. The van der Waals surface area contributed by atoms with Crippen molar-refractivity contribution in [3.05, 3.63) is 29.2 Å². The summed E-state index contributed by atoms with van der Waals surface area (Å²) >= 11 is 0. The molecule has 2 aromatic heterocycles. The fraction of sp³-hybridized carbons (Fsp3) is 0.200. The number of hydrogen-bond donors (Lipinski definition) is 3. The SMILES string of the molecule is Cc1cc(C(=O)Nc2cc(C(=O)O)[nH]n2)n(C)n1. The van der Waals surface area contributed by atoms with E-state index in [1.54, 1.807) is 20.0 Å². The van der Waals surface area contributed by atoms with Crippen LogP contribution in [0, 0.1) is 6.92 Å². The average Bonchev–Trinajstić information content (AvgIpc) is 2.85. The van der Waals surface area contributed by atoms with Gasteiger partial charge in [0.05, 0.1) is 5.69 Å². The molecule has 2 rings (SSSR count). The van der Waals surface area contributed by atoms with Crippen LogP contribution in [0.5, 0.6) is 0 Å². The van der Waals surface area contributed by atoms with Gasteiger partial charge in [0.1, 0.15) is 11.4 Å². The summed E-state index contributed by atoms with van der Waals surface area (Å²) in [5.41, 5.74) is 0.995. The van der Waals surface area contributed by atoms with Gasteiger partial charge in [-0.25, -0.2) is 4.79 Å². The number of aromatic amines is 1. The Bertz CT molecular complexity index is 613. The third-order valence-electron chi connectivity index (χ3n) is 2.28. The van der Waals surface area contributed by atoms with Gasteiger partial charge in [0.2, 0.25) is 0 Å². The van der Waals surface area contributed by atoms with Crippen molar-refractivity contribution in [2.75, 3.05) is 5.32 Å². The zero-order valence-electron chi connectivity index (χ0n) is 9.76. The van der Waals surface area contributed by atoms with E-state index in [-0.39, 0.29) is 11.5 Å². The monoisotopic (exact) mass is 249 g/mol. The molecule has 0 bridgehead atoms. The number of carbonyl (C=O) groups is 2. The van der Waals surface area contributed by atoms with Crippen molar-refractivity contribution in [2.24, 2.45) is 7.05 Å². The molecule has 3 N–H and O–H groups in total. The molecule has 0 aliphatic rings. The first-order chi connectivity index (χ1) is 8.47. The molecule has 2 heterocycles. The number of aryl methyl sites for hydroxylation is 2. The molecule has 94 valence electrons. The van der Waals surface area contributed by atoms with E-state index in [4.69, 9.17) is 5.11 Å². The van der Waals surface area contributed by atoms with Crippen molar-refractivity contribution in [3.8, 4) is 0 Å². The lowest BCUT2D eigenvalue weighted by atomic mass is 10.3.